The summed E-state index contributed by atoms with van der Waals surface area (Å²) in [5, 5.41) is 15.4. The van der Waals surface area contributed by atoms with E-state index in [1.807, 2.05) is 35.8 Å². The standard InChI is InChI=1S/C18H28N6/c1-3-14-7-9-15(10-8-14)21-18(19-2)20-12-11-17-23-22-16-6-4-5-13-24(16)17/h4-6,13-15H,3,7-12H2,1-2H3,(H2,19,20,21). The Morgan fingerprint density at radius 1 is 1.25 bits per heavy atom. The summed E-state index contributed by atoms with van der Waals surface area (Å²) < 4.78 is 2.03. The third-order valence-corrected chi connectivity index (χ3v) is 5.01. The smallest absolute Gasteiger partial charge is 0.191 e. The monoisotopic (exact) mass is 328 g/mol. The maximum atomic E-state index is 4.35. The molecule has 0 spiro atoms. The molecule has 0 amide bonds. The molecular formula is C18H28N6. The fraction of sp³-hybridized carbons (Fsp3) is 0.611. The van der Waals surface area contributed by atoms with Gasteiger partial charge < -0.3 is 10.6 Å². The second kappa shape index (κ2) is 8.13. The summed E-state index contributed by atoms with van der Waals surface area (Å²) in [5.41, 5.74) is 0.891. The van der Waals surface area contributed by atoms with Crippen molar-refractivity contribution in [2.45, 2.75) is 51.5 Å². The van der Waals surface area contributed by atoms with Gasteiger partial charge in [-0.25, -0.2) is 0 Å². The molecule has 0 saturated heterocycles. The topological polar surface area (TPSA) is 66.6 Å². The predicted octanol–water partition coefficient (Wildman–Crippen LogP) is 2.41. The van der Waals surface area contributed by atoms with Crippen LogP contribution in [-0.2, 0) is 6.42 Å². The van der Waals surface area contributed by atoms with Crippen LogP contribution in [0.5, 0.6) is 0 Å². The Labute approximate surface area is 143 Å². The van der Waals surface area contributed by atoms with E-state index >= 15 is 0 Å². The third-order valence-electron chi connectivity index (χ3n) is 5.01. The molecule has 3 rings (SSSR count). The van der Waals surface area contributed by atoms with Crippen LogP contribution in [0.2, 0.25) is 0 Å². The van der Waals surface area contributed by atoms with Crippen LogP contribution >= 0.6 is 0 Å². The molecular weight excluding hydrogens is 300 g/mol. The zero-order valence-corrected chi connectivity index (χ0v) is 14.7. The second-order valence-corrected chi connectivity index (χ2v) is 6.56. The Morgan fingerprint density at radius 2 is 2.08 bits per heavy atom. The van der Waals surface area contributed by atoms with Crippen LogP contribution in [0.1, 0.15) is 44.9 Å². The van der Waals surface area contributed by atoms with Gasteiger partial charge in [0.2, 0.25) is 0 Å². The number of guanidine groups is 1. The van der Waals surface area contributed by atoms with Crippen molar-refractivity contribution >= 4 is 11.6 Å². The number of hydrogen-bond acceptors (Lipinski definition) is 3. The maximum absolute atomic E-state index is 4.35. The largest absolute Gasteiger partial charge is 0.356 e. The number of aromatic nitrogens is 3. The average molecular weight is 328 g/mol. The summed E-state index contributed by atoms with van der Waals surface area (Å²) in [5.74, 6) is 2.78. The van der Waals surface area contributed by atoms with Gasteiger partial charge in [-0.05, 0) is 43.7 Å². The molecule has 2 aromatic rings. The van der Waals surface area contributed by atoms with E-state index in [0.717, 1.165) is 36.3 Å². The van der Waals surface area contributed by atoms with Crippen LogP contribution in [0.15, 0.2) is 29.4 Å². The first-order valence-electron chi connectivity index (χ1n) is 9.06. The van der Waals surface area contributed by atoms with Gasteiger partial charge in [-0.3, -0.25) is 9.39 Å². The van der Waals surface area contributed by atoms with Crippen LogP contribution in [-0.4, -0.2) is 40.2 Å². The van der Waals surface area contributed by atoms with E-state index in [1.165, 1.54) is 32.1 Å². The van der Waals surface area contributed by atoms with Crippen molar-refractivity contribution in [2.24, 2.45) is 10.9 Å². The highest BCUT2D eigenvalue weighted by Gasteiger charge is 2.20. The normalized spacial score (nSPS) is 21.8. The number of nitrogens with one attached hydrogen (secondary N) is 2. The van der Waals surface area contributed by atoms with Gasteiger partial charge in [0, 0.05) is 32.3 Å². The molecule has 6 heteroatoms. The highest BCUT2D eigenvalue weighted by molar-refractivity contribution is 5.79. The summed E-state index contributed by atoms with van der Waals surface area (Å²) in [6, 6.07) is 6.50. The molecule has 0 aromatic carbocycles. The first-order valence-corrected chi connectivity index (χ1v) is 9.06. The molecule has 0 bridgehead atoms. The van der Waals surface area contributed by atoms with E-state index < -0.39 is 0 Å². The summed E-state index contributed by atoms with van der Waals surface area (Å²) in [4.78, 5) is 4.35. The average Bonchev–Trinajstić information content (AvgIpc) is 3.05. The lowest BCUT2D eigenvalue weighted by Gasteiger charge is -2.29. The minimum atomic E-state index is 0.549. The van der Waals surface area contributed by atoms with Gasteiger partial charge in [-0.1, -0.05) is 19.4 Å². The number of nitrogens with zero attached hydrogens (tertiary/aromatic N) is 4. The molecule has 0 atom stereocenters. The van der Waals surface area contributed by atoms with Crippen LogP contribution < -0.4 is 10.6 Å². The number of pyridine rings is 1. The summed E-state index contributed by atoms with van der Waals surface area (Å²) >= 11 is 0. The lowest BCUT2D eigenvalue weighted by molar-refractivity contribution is 0.304. The number of rotatable bonds is 5. The Balaban J connectivity index is 1.46. The zero-order chi connectivity index (χ0) is 16.8. The van der Waals surface area contributed by atoms with Crippen molar-refractivity contribution in [2.75, 3.05) is 13.6 Å². The van der Waals surface area contributed by atoms with Crippen molar-refractivity contribution in [1.82, 2.24) is 25.2 Å². The van der Waals surface area contributed by atoms with Crippen molar-refractivity contribution < 1.29 is 0 Å². The number of hydrogen-bond donors (Lipinski definition) is 2. The Hall–Kier alpha value is -2.11. The third kappa shape index (κ3) is 4.04. The number of aliphatic imine (C=N–C) groups is 1. The highest BCUT2D eigenvalue weighted by Crippen LogP contribution is 2.26. The van der Waals surface area contributed by atoms with Gasteiger partial charge in [0.25, 0.3) is 0 Å². The second-order valence-electron chi connectivity index (χ2n) is 6.56. The molecule has 2 N–H and O–H groups in total. The molecule has 1 saturated carbocycles. The molecule has 6 nitrogen and oxygen atoms in total. The molecule has 2 heterocycles. The summed E-state index contributed by atoms with van der Waals surface area (Å²) in [6.45, 7) is 3.09. The first kappa shape index (κ1) is 16.7. The summed E-state index contributed by atoms with van der Waals surface area (Å²) in [7, 11) is 1.83. The molecule has 1 aliphatic carbocycles. The van der Waals surface area contributed by atoms with Gasteiger partial charge in [-0.15, -0.1) is 10.2 Å². The molecule has 0 radical (unpaired) electrons. The lowest BCUT2D eigenvalue weighted by atomic mass is 9.84. The van der Waals surface area contributed by atoms with Crippen molar-refractivity contribution in [3.63, 3.8) is 0 Å². The van der Waals surface area contributed by atoms with Crippen molar-refractivity contribution in [3.05, 3.63) is 30.2 Å². The highest BCUT2D eigenvalue weighted by atomic mass is 15.2. The Kier molecular flexibility index (Phi) is 5.67. The molecule has 130 valence electrons. The van der Waals surface area contributed by atoms with E-state index in [-0.39, 0.29) is 0 Å². The van der Waals surface area contributed by atoms with E-state index in [0.29, 0.717) is 6.04 Å². The van der Waals surface area contributed by atoms with Crippen molar-refractivity contribution in [1.29, 1.82) is 0 Å². The molecule has 2 aromatic heterocycles. The molecule has 1 aliphatic rings. The van der Waals surface area contributed by atoms with Crippen LogP contribution in [0.3, 0.4) is 0 Å². The molecule has 0 unspecified atom stereocenters. The predicted molar refractivity (Wildman–Crippen MR) is 97.2 cm³/mol. The van der Waals surface area contributed by atoms with E-state index in [2.05, 4.69) is 32.7 Å². The van der Waals surface area contributed by atoms with Gasteiger partial charge in [0.15, 0.2) is 11.6 Å². The first-order chi connectivity index (χ1) is 11.8. The zero-order valence-electron chi connectivity index (χ0n) is 14.7. The lowest BCUT2D eigenvalue weighted by Crippen LogP contribution is -2.45. The van der Waals surface area contributed by atoms with Gasteiger partial charge >= 0.3 is 0 Å². The molecule has 0 aliphatic heterocycles. The number of fused-ring (bicyclic) bond motifs is 1. The van der Waals surface area contributed by atoms with Crippen LogP contribution in [0.25, 0.3) is 5.65 Å². The van der Waals surface area contributed by atoms with Crippen molar-refractivity contribution in [3.8, 4) is 0 Å². The minimum Gasteiger partial charge on any atom is -0.356 e. The van der Waals surface area contributed by atoms with Gasteiger partial charge in [0.05, 0.1) is 0 Å². The SMILES string of the molecule is CCC1CCC(NC(=NC)NCCc2nnc3ccccn23)CC1. The Morgan fingerprint density at radius 3 is 2.83 bits per heavy atom. The fourth-order valence-corrected chi connectivity index (χ4v) is 3.46. The van der Waals surface area contributed by atoms with E-state index in [9.17, 15) is 0 Å². The Bertz CT molecular complexity index is 669. The maximum Gasteiger partial charge on any atom is 0.191 e. The summed E-state index contributed by atoms with van der Waals surface area (Å²) in [6.07, 6.45) is 9.28. The van der Waals surface area contributed by atoms with E-state index in [4.69, 9.17) is 0 Å². The van der Waals surface area contributed by atoms with Gasteiger partial charge in [-0.2, -0.15) is 0 Å². The minimum absolute atomic E-state index is 0.549. The van der Waals surface area contributed by atoms with Crippen LogP contribution in [0.4, 0.5) is 0 Å². The fourth-order valence-electron chi connectivity index (χ4n) is 3.46. The van der Waals surface area contributed by atoms with Gasteiger partial charge in [0.1, 0.15) is 5.82 Å². The van der Waals surface area contributed by atoms with E-state index in [1.54, 1.807) is 0 Å². The van der Waals surface area contributed by atoms with Crippen LogP contribution in [0, 0.1) is 5.92 Å². The quantitative estimate of drug-likeness (QED) is 0.653. The molecule has 1 fully saturated rings. The molecule has 24 heavy (non-hydrogen) atoms.